The summed E-state index contributed by atoms with van der Waals surface area (Å²) in [5, 5.41) is 24.3. The standard InChI is InChI=1S/C24H25N5O5/c1-5-16-12-25-24(26-19(21(6-2)34-4)11-15(3)29(32)33)27-23(16)18-13-28(14-22(30)31)20-10-8-7-9-17(18)20/h6-13H,3,5,14H2,1-2,4H3,(H,30,31)(H,25,26,27)/b19-11+,21-6+. The number of fused-ring (bicyclic) bond motifs is 1. The van der Waals surface area contributed by atoms with Crippen LogP contribution in [0.5, 0.6) is 0 Å². The summed E-state index contributed by atoms with van der Waals surface area (Å²) in [7, 11) is 1.45. The summed E-state index contributed by atoms with van der Waals surface area (Å²) >= 11 is 0. The zero-order chi connectivity index (χ0) is 24.8. The van der Waals surface area contributed by atoms with Crippen molar-refractivity contribution in [1.82, 2.24) is 14.5 Å². The van der Waals surface area contributed by atoms with E-state index in [0.717, 1.165) is 22.0 Å². The molecule has 2 N–H and O–H groups in total. The molecule has 0 aliphatic carbocycles. The zero-order valence-electron chi connectivity index (χ0n) is 19.1. The average Bonchev–Trinajstić information content (AvgIpc) is 3.17. The minimum Gasteiger partial charge on any atom is -0.495 e. The van der Waals surface area contributed by atoms with Crippen molar-refractivity contribution in [2.45, 2.75) is 26.8 Å². The predicted molar refractivity (Wildman–Crippen MR) is 129 cm³/mol. The van der Waals surface area contributed by atoms with E-state index in [9.17, 15) is 20.0 Å². The zero-order valence-corrected chi connectivity index (χ0v) is 19.1. The monoisotopic (exact) mass is 463 g/mol. The van der Waals surface area contributed by atoms with Gasteiger partial charge in [-0.1, -0.05) is 25.1 Å². The van der Waals surface area contributed by atoms with Gasteiger partial charge >= 0.3 is 5.97 Å². The van der Waals surface area contributed by atoms with Crippen molar-refractivity contribution < 1.29 is 19.6 Å². The molecule has 0 aliphatic rings. The maximum Gasteiger partial charge on any atom is 0.323 e. The molecular weight excluding hydrogens is 438 g/mol. The van der Waals surface area contributed by atoms with Crippen molar-refractivity contribution in [3.63, 3.8) is 0 Å². The first-order valence-corrected chi connectivity index (χ1v) is 10.5. The van der Waals surface area contributed by atoms with Crippen molar-refractivity contribution >= 4 is 22.8 Å². The van der Waals surface area contributed by atoms with Crippen LogP contribution in [0.4, 0.5) is 5.95 Å². The number of benzene rings is 1. The number of aliphatic carboxylic acids is 1. The second kappa shape index (κ2) is 10.4. The Hall–Kier alpha value is -4.47. The highest BCUT2D eigenvalue weighted by molar-refractivity contribution is 5.96. The third-order valence-corrected chi connectivity index (χ3v) is 5.13. The normalized spacial score (nSPS) is 12.0. The summed E-state index contributed by atoms with van der Waals surface area (Å²) in [6.07, 6.45) is 6.98. The van der Waals surface area contributed by atoms with Gasteiger partial charge in [0.1, 0.15) is 12.3 Å². The first-order chi connectivity index (χ1) is 16.3. The molecule has 2 heterocycles. The van der Waals surface area contributed by atoms with E-state index in [1.54, 1.807) is 30.0 Å². The second-order valence-electron chi connectivity index (χ2n) is 7.29. The molecule has 0 saturated heterocycles. The van der Waals surface area contributed by atoms with Crippen LogP contribution in [0.25, 0.3) is 22.2 Å². The third-order valence-electron chi connectivity index (χ3n) is 5.13. The van der Waals surface area contributed by atoms with Crippen LogP contribution >= 0.6 is 0 Å². The number of carbonyl (C=O) groups is 1. The number of carboxylic acids is 1. The summed E-state index contributed by atoms with van der Waals surface area (Å²) in [5.74, 6) is -0.404. The van der Waals surface area contributed by atoms with E-state index in [1.165, 1.54) is 13.2 Å². The van der Waals surface area contributed by atoms with Crippen molar-refractivity contribution in [2.75, 3.05) is 12.4 Å². The molecule has 34 heavy (non-hydrogen) atoms. The molecule has 176 valence electrons. The second-order valence-corrected chi connectivity index (χ2v) is 7.29. The highest BCUT2D eigenvalue weighted by atomic mass is 16.6. The maximum absolute atomic E-state index is 11.4. The lowest BCUT2D eigenvalue weighted by atomic mass is 10.0. The molecule has 0 atom stereocenters. The number of allylic oxidation sites excluding steroid dienone is 2. The van der Waals surface area contributed by atoms with Gasteiger partial charge in [0.05, 0.1) is 23.4 Å². The molecule has 0 radical (unpaired) electrons. The lowest BCUT2D eigenvalue weighted by Gasteiger charge is -2.14. The van der Waals surface area contributed by atoms with Crippen LogP contribution in [0, 0.1) is 10.1 Å². The number of carboxylic acid groups (broad SMARTS) is 1. The number of hydrogen-bond acceptors (Lipinski definition) is 7. The van der Waals surface area contributed by atoms with Crippen LogP contribution in [0.2, 0.25) is 0 Å². The van der Waals surface area contributed by atoms with Gasteiger partial charge in [-0.05, 0) is 37.6 Å². The Bertz CT molecular complexity index is 1320. The number of ether oxygens (including phenoxy) is 1. The molecular formula is C24H25N5O5. The predicted octanol–water partition coefficient (Wildman–Crippen LogP) is 4.38. The molecule has 0 spiro atoms. The summed E-state index contributed by atoms with van der Waals surface area (Å²) in [6.45, 7) is 6.96. The number of rotatable bonds is 10. The molecule has 3 aromatic rings. The fraction of sp³-hybridized carbons (Fsp3) is 0.208. The first-order valence-electron chi connectivity index (χ1n) is 10.5. The van der Waals surface area contributed by atoms with Crippen LogP contribution in [-0.4, -0.2) is 37.6 Å². The smallest absolute Gasteiger partial charge is 0.323 e. The van der Waals surface area contributed by atoms with Crippen LogP contribution < -0.4 is 5.32 Å². The summed E-state index contributed by atoms with van der Waals surface area (Å²) in [5.41, 5.74) is 2.97. The molecule has 0 bridgehead atoms. The highest BCUT2D eigenvalue weighted by Gasteiger charge is 2.18. The lowest BCUT2D eigenvalue weighted by molar-refractivity contribution is -0.418. The van der Waals surface area contributed by atoms with Gasteiger partial charge in [0.25, 0.3) is 5.70 Å². The molecule has 0 fully saturated rings. The molecule has 0 aliphatic heterocycles. The fourth-order valence-corrected chi connectivity index (χ4v) is 3.56. The Morgan fingerprint density at radius 3 is 2.74 bits per heavy atom. The Kier molecular flexibility index (Phi) is 7.42. The van der Waals surface area contributed by atoms with E-state index in [1.807, 2.05) is 31.2 Å². The fourth-order valence-electron chi connectivity index (χ4n) is 3.56. The topological polar surface area (TPSA) is 132 Å². The van der Waals surface area contributed by atoms with Gasteiger partial charge in [0.15, 0.2) is 0 Å². The number of hydrogen-bond donors (Lipinski definition) is 2. The van der Waals surface area contributed by atoms with Gasteiger partial charge < -0.3 is 19.7 Å². The molecule has 1 aromatic carbocycles. The number of para-hydroxylation sites is 1. The van der Waals surface area contributed by atoms with E-state index in [0.29, 0.717) is 17.9 Å². The number of nitro groups is 1. The first kappa shape index (κ1) is 24.2. The van der Waals surface area contributed by atoms with E-state index < -0.39 is 10.9 Å². The largest absolute Gasteiger partial charge is 0.495 e. The number of nitrogens with one attached hydrogen (secondary N) is 1. The van der Waals surface area contributed by atoms with Crippen LogP contribution in [0.15, 0.2) is 72.5 Å². The molecule has 10 heteroatoms. The molecule has 10 nitrogen and oxygen atoms in total. The quantitative estimate of drug-likeness (QED) is 0.196. The Labute approximate surface area is 196 Å². The van der Waals surface area contributed by atoms with Gasteiger partial charge in [-0.2, -0.15) is 0 Å². The molecule has 0 amide bonds. The van der Waals surface area contributed by atoms with Crippen LogP contribution in [0.1, 0.15) is 19.4 Å². The van der Waals surface area contributed by atoms with Gasteiger partial charge in [0.2, 0.25) is 5.95 Å². The number of anilines is 1. The summed E-state index contributed by atoms with van der Waals surface area (Å²) in [4.78, 5) is 30.9. The SMILES string of the molecule is C=C(/C=C(Nc1ncc(CC)c(-c2cn(CC(=O)O)c3ccccc23)n1)\C(=C/C)OC)[N+](=O)[O-]. The molecule has 3 rings (SSSR count). The number of aromatic nitrogens is 3. The van der Waals surface area contributed by atoms with Crippen molar-refractivity contribution in [3.8, 4) is 11.3 Å². The highest BCUT2D eigenvalue weighted by Crippen LogP contribution is 2.32. The lowest BCUT2D eigenvalue weighted by Crippen LogP contribution is -2.10. The van der Waals surface area contributed by atoms with Gasteiger partial charge in [-0.15, -0.1) is 0 Å². The van der Waals surface area contributed by atoms with Crippen molar-refractivity contribution in [2.24, 2.45) is 0 Å². The average molecular weight is 463 g/mol. The van der Waals surface area contributed by atoms with Crippen LogP contribution in [-0.2, 0) is 22.5 Å². The van der Waals surface area contributed by atoms with E-state index in [4.69, 9.17) is 9.72 Å². The Morgan fingerprint density at radius 1 is 1.38 bits per heavy atom. The number of methoxy groups -OCH3 is 1. The Morgan fingerprint density at radius 2 is 2.12 bits per heavy atom. The van der Waals surface area contributed by atoms with E-state index in [-0.39, 0.29) is 23.9 Å². The number of aryl methyl sites for hydroxylation is 1. The van der Waals surface area contributed by atoms with Gasteiger partial charge in [0, 0.05) is 34.9 Å². The van der Waals surface area contributed by atoms with Crippen molar-refractivity contribution in [1.29, 1.82) is 0 Å². The number of nitrogens with zero attached hydrogens (tertiary/aromatic N) is 4. The minimum atomic E-state index is -0.952. The summed E-state index contributed by atoms with van der Waals surface area (Å²) in [6, 6.07) is 7.49. The Balaban J connectivity index is 2.14. The minimum absolute atomic E-state index is 0.188. The molecule has 2 aromatic heterocycles. The maximum atomic E-state index is 11.4. The summed E-state index contributed by atoms with van der Waals surface area (Å²) < 4.78 is 6.99. The van der Waals surface area contributed by atoms with Gasteiger partial charge in [-0.3, -0.25) is 14.9 Å². The molecule has 0 unspecified atom stereocenters. The van der Waals surface area contributed by atoms with Gasteiger partial charge in [-0.25, -0.2) is 9.97 Å². The van der Waals surface area contributed by atoms with E-state index in [2.05, 4.69) is 16.9 Å². The van der Waals surface area contributed by atoms with Crippen molar-refractivity contribution in [3.05, 3.63) is 88.2 Å². The molecule has 0 saturated carbocycles. The third kappa shape index (κ3) is 5.12. The van der Waals surface area contributed by atoms with E-state index >= 15 is 0 Å². The van der Waals surface area contributed by atoms with Crippen LogP contribution in [0.3, 0.4) is 0 Å².